The highest BCUT2D eigenvalue weighted by Gasteiger charge is 2.28. The number of likely N-dealkylation sites (tertiary alicyclic amines) is 1. The number of Topliss-reactive ketones (excluding diaryl/α,β-unsaturated/α-hetero) is 1. The van der Waals surface area contributed by atoms with E-state index in [1.165, 1.54) is 25.7 Å². The van der Waals surface area contributed by atoms with Crippen molar-refractivity contribution in [1.82, 2.24) is 4.90 Å². The molecule has 0 saturated carbocycles. The Bertz CT molecular complexity index is 435. The molecule has 116 valence electrons. The molecule has 1 aliphatic heterocycles. The zero-order valence-electron chi connectivity index (χ0n) is 13.3. The molecule has 0 aliphatic carbocycles. The molecule has 0 amide bonds. The van der Waals surface area contributed by atoms with Crippen LogP contribution in [0.1, 0.15) is 55.8 Å². The predicted octanol–water partition coefficient (Wildman–Crippen LogP) is 3.92. The zero-order chi connectivity index (χ0) is 15.1. The first kappa shape index (κ1) is 16.0. The number of carbonyl (C=O) groups excluding carboxylic acids is 1. The number of carbonyl (C=O) groups is 1. The molecule has 0 aromatic heterocycles. The summed E-state index contributed by atoms with van der Waals surface area (Å²) in [5.74, 6) is 1.07. The topological polar surface area (TPSA) is 29.5 Å². The first-order valence-electron chi connectivity index (χ1n) is 8.18. The lowest BCUT2D eigenvalue weighted by molar-refractivity contribution is 0.0835. The molecule has 0 bridgehead atoms. The van der Waals surface area contributed by atoms with Gasteiger partial charge < -0.3 is 4.74 Å². The highest BCUT2D eigenvalue weighted by atomic mass is 16.5. The van der Waals surface area contributed by atoms with Gasteiger partial charge in [-0.3, -0.25) is 9.69 Å². The van der Waals surface area contributed by atoms with E-state index in [2.05, 4.69) is 11.8 Å². The fourth-order valence-corrected chi connectivity index (χ4v) is 3.07. The summed E-state index contributed by atoms with van der Waals surface area (Å²) >= 11 is 0. The number of methoxy groups -OCH3 is 1. The lowest BCUT2D eigenvalue weighted by Crippen LogP contribution is -2.39. The van der Waals surface area contributed by atoms with Crippen molar-refractivity contribution in [2.24, 2.45) is 0 Å². The Hall–Kier alpha value is -1.35. The second-order valence-electron chi connectivity index (χ2n) is 5.85. The van der Waals surface area contributed by atoms with Gasteiger partial charge in [-0.25, -0.2) is 0 Å². The molecule has 3 heteroatoms. The molecule has 0 spiro atoms. The summed E-state index contributed by atoms with van der Waals surface area (Å²) < 4.78 is 5.17. The minimum atomic E-state index is 0.0624. The Kier molecular flexibility index (Phi) is 6.24. The van der Waals surface area contributed by atoms with Crippen molar-refractivity contribution in [3.05, 3.63) is 29.8 Å². The molecule has 1 atom stereocenters. The maximum absolute atomic E-state index is 12.8. The van der Waals surface area contributed by atoms with E-state index in [0.717, 1.165) is 37.2 Å². The number of ether oxygens (including phenoxy) is 1. The molecule has 1 fully saturated rings. The highest BCUT2D eigenvalue weighted by Crippen LogP contribution is 2.21. The summed E-state index contributed by atoms with van der Waals surface area (Å²) in [5.41, 5.74) is 0.809. The van der Waals surface area contributed by atoms with Crippen molar-refractivity contribution >= 4 is 5.78 Å². The molecule has 1 saturated heterocycles. The van der Waals surface area contributed by atoms with E-state index >= 15 is 0 Å². The van der Waals surface area contributed by atoms with Crippen LogP contribution in [0.25, 0.3) is 0 Å². The van der Waals surface area contributed by atoms with Crippen LogP contribution in [-0.2, 0) is 0 Å². The average Bonchev–Trinajstić information content (AvgIpc) is 3.05. The molecule has 21 heavy (non-hydrogen) atoms. The van der Waals surface area contributed by atoms with Gasteiger partial charge in [0.2, 0.25) is 0 Å². The predicted molar refractivity (Wildman–Crippen MR) is 86.1 cm³/mol. The largest absolute Gasteiger partial charge is 0.497 e. The van der Waals surface area contributed by atoms with Gasteiger partial charge in [0, 0.05) is 5.56 Å². The third-order valence-corrected chi connectivity index (χ3v) is 4.34. The molecular formula is C18H27NO2. The van der Waals surface area contributed by atoms with E-state index in [9.17, 15) is 4.79 Å². The Morgan fingerprint density at radius 3 is 2.43 bits per heavy atom. The van der Waals surface area contributed by atoms with Crippen LogP contribution in [0.15, 0.2) is 24.3 Å². The molecular weight excluding hydrogens is 262 g/mol. The fourth-order valence-electron chi connectivity index (χ4n) is 3.07. The number of unbranched alkanes of at least 4 members (excludes halogenated alkanes) is 2. The highest BCUT2D eigenvalue weighted by molar-refractivity contribution is 6.00. The van der Waals surface area contributed by atoms with Gasteiger partial charge in [-0.2, -0.15) is 0 Å². The van der Waals surface area contributed by atoms with Crippen molar-refractivity contribution in [2.45, 2.75) is 51.5 Å². The number of hydrogen-bond acceptors (Lipinski definition) is 3. The summed E-state index contributed by atoms with van der Waals surface area (Å²) in [5, 5.41) is 0. The summed E-state index contributed by atoms with van der Waals surface area (Å²) in [6.45, 7) is 4.34. The molecule has 0 N–H and O–H groups in total. The quantitative estimate of drug-likeness (QED) is 0.536. The summed E-state index contributed by atoms with van der Waals surface area (Å²) in [7, 11) is 1.65. The van der Waals surface area contributed by atoms with Gasteiger partial charge in [0.25, 0.3) is 0 Å². The lowest BCUT2D eigenvalue weighted by Gasteiger charge is -2.26. The second-order valence-corrected chi connectivity index (χ2v) is 5.85. The molecule has 0 unspecified atom stereocenters. The number of hydrogen-bond donors (Lipinski definition) is 0. The van der Waals surface area contributed by atoms with Crippen LogP contribution in [0.3, 0.4) is 0 Å². The van der Waals surface area contributed by atoms with Crippen LogP contribution >= 0.6 is 0 Å². The van der Waals surface area contributed by atoms with E-state index in [1.807, 2.05) is 24.3 Å². The van der Waals surface area contributed by atoms with Gasteiger partial charge in [0.15, 0.2) is 5.78 Å². The molecule has 1 aromatic rings. The van der Waals surface area contributed by atoms with Crippen LogP contribution < -0.4 is 4.74 Å². The van der Waals surface area contributed by atoms with E-state index in [1.54, 1.807) is 7.11 Å². The van der Waals surface area contributed by atoms with Crippen LogP contribution in [0.2, 0.25) is 0 Å². The van der Waals surface area contributed by atoms with Gasteiger partial charge in [0.05, 0.1) is 13.2 Å². The van der Waals surface area contributed by atoms with Gasteiger partial charge in [0.1, 0.15) is 5.75 Å². The molecule has 3 nitrogen and oxygen atoms in total. The molecule has 1 aromatic carbocycles. The lowest BCUT2D eigenvalue weighted by atomic mass is 9.97. The number of rotatable bonds is 8. The third kappa shape index (κ3) is 4.31. The molecule has 2 rings (SSSR count). The monoisotopic (exact) mass is 289 g/mol. The normalized spacial score (nSPS) is 16.9. The summed E-state index contributed by atoms with van der Waals surface area (Å²) in [6, 6.07) is 7.60. The van der Waals surface area contributed by atoms with E-state index in [0.29, 0.717) is 0 Å². The van der Waals surface area contributed by atoms with Crippen molar-refractivity contribution in [2.75, 3.05) is 20.2 Å². The maximum atomic E-state index is 12.8. The Balaban J connectivity index is 2.07. The van der Waals surface area contributed by atoms with Crippen LogP contribution in [0, 0.1) is 0 Å². The maximum Gasteiger partial charge on any atom is 0.179 e. The molecule has 1 heterocycles. The van der Waals surface area contributed by atoms with Crippen LogP contribution in [0.5, 0.6) is 5.75 Å². The number of ketones is 1. The van der Waals surface area contributed by atoms with Crippen LogP contribution in [-0.4, -0.2) is 36.9 Å². The Labute approximate surface area is 128 Å². The Morgan fingerprint density at radius 1 is 1.19 bits per heavy atom. The van der Waals surface area contributed by atoms with Crippen molar-refractivity contribution in [3.8, 4) is 5.75 Å². The van der Waals surface area contributed by atoms with Crippen LogP contribution in [0.4, 0.5) is 0 Å². The van der Waals surface area contributed by atoms with Crippen molar-refractivity contribution in [3.63, 3.8) is 0 Å². The summed E-state index contributed by atoms with van der Waals surface area (Å²) in [6.07, 6.45) is 6.97. The van der Waals surface area contributed by atoms with Gasteiger partial charge in [-0.05, 0) is 56.6 Å². The minimum absolute atomic E-state index is 0.0624. The van der Waals surface area contributed by atoms with Gasteiger partial charge in [-0.15, -0.1) is 0 Å². The third-order valence-electron chi connectivity index (χ3n) is 4.34. The molecule has 0 radical (unpaired) electrons. The summed E-state index contributed by atoms with van der Waals surface area (Å²) in [4.78, 5) is 15.2. The van der Waals surface area contributed by atoms with E-state index in [-0.39, 0.29) is 11.8 Å². The van der Waals surface area contributed by atoms with Gasteiger partial charge >= 0.3 is 0 Å². The average molecular weight is 289 g/mol. The standard InChI is InChI=1S/C18H27NO2/c1-3-4-5-8-17(19-13-6-7-14-19)18(20)15-9-11-16(21-2)12-10-15/h9-12,17H,3-8,13-14H2,1-2H3/t17-/m1/s1. The van der Waals surface area contributed by atoms with E-state index < -0.39 is 0 Å². The first-order chi connectivity index (χ1) is 10.3. The van der Waals surface area contributed by atoms with Crippen molar-refractivity contribution < 1.29 is 9.53 Å². The minimum Gasteiger partial charge on any atom is -0.497 e. The fraction of sp³-hybridized carbons (Fsp3) is 0.611. The Morgan fingerprint density at radius 2 is 1.86 bits per heavy atom. The zero-order valence-corrected chi connectivity index (χ0v) is 13.3. The first-order valence-corrected chi connectivity index (χ1v) is 8.18. The van der Waals surface area contributed by atoms with Gasteiger partial charge in [-0.1, -0.05) is 26.2 Å². The SMILES string of the molecule is CCCCC[C@H](C(=O)c1ccc(OC)cc1)N1CCCC1. The van der Waals surface area contributed by atoms with E-state index in [4.69, 9.17) is 4.74 Å². The number of nitrogens with zero attached hydrogens (tertiary/aromatic N) is 1. The van der Waals surface area contributed by atoms with Crippen molar-refractivity contribution in [1.29, 1.82) is 0 Å². The second kappa shape index (κ2) is 8.18. The number of benzene rings is 1. The smallest absolute Gasteiger partial charge is 0.179 e. The molecule has 1 aliphatic rings.